The van der Waals surface area contributed by atoms with E-state index in [-0.39, 0.29) is 5.82 Å². The molecule has 0 aliphatic heterocycles. The lowest BCUT2D eigenvalue weighted by Crippen LogP contribution is -1.83. The second-order valence-electron chi connectivity index (χ2n) is 4.07. The zero-order valence-corrected chi connectivity index (χ0v) is 12.5. The molecule has 2 aromatic carbocycles. The molecule has 0 aliphatic rings. The van der Waals surface area contributed by atoms with Crippen LogP contribution in [0.25, 0.3) is 22.4 Å². The first kappa shape index (κ1) is 12.7. The van der Waals surface area contributed by atoms with E-state index in [1.54, 1.807) is 17.8 Å². The maximum Gasteiger partial charge on any atom is 0.139 e. The summed E-state index contributed by atoms with van der Waals surface area (Å²) in [5.41, 5.74) is 2.48. The van der Waals surface area contributed by atoms with Crippen molar-refractivity contribution >= 4 is 38.7 Å². The van der Waals surface area contributed by atoms with Gasteiger partial charge in [0.25, 0.3) is 0 Å². The molecular weight excluding hydrogens is 327 g/mol. The van der Waals surface area contributed by atoms with Crippen LogP contribution < -0.4 is 0 Å². The Morgan fingerprint density at radius 1 is 1.26 bits per heavy atom. The van der Waals surface area contributed by atoms with Gasteiger partial charge in [-0.15, -0.1) is 11.8 Å². The highest BCUT2D eigenvalue weighted by Gasteiger charge is 2.11. The molecule has 2 nitrogen and oxygen atoms in total. The van der Waals surface area contributed by atoms with Gasteiger partial charge in [-0.05, 0) is 34.3 Å². The summed E-state index contributed by atoms with van der Waals surface area (Å²) in [4.78, 5) is 8.84. The average Bonchev–Trinajstić information content (AvgIpc) is 2.82. The first-order valence-corrected chi connectivity index (χ1v) is 7.69. The summed E-state index contributed by atoms with van der Waals surface area (Å²) >= 11 is 4.84. The van der Waals surface area contributed by atoms with Crippen LogP contribution in [0.4, 0.5) is 4.39 Å². The van der Waals surface area contributed by atoms with Crippen LogP contribution in [-0.2, 0) is 0 Å². The third-order valence-electron chi connectivity index (χ3n) is 2.89. The number of nitrogens with one attached hydrogen (secondary N) is 1. The minimum absolute atomic E-state index is 0.291. The predicted octanol–water partition coefficient (Wildman–Crippen LogP) is 4.85. The summed E-state index contributed by atoms with van der Waals surface area (Å²) in [7, 11) is 0. The normalized spacial score (nSPS) is 11.1. The Bertz CT molecular complexity index is 715. The van der Waals surface area contributed by atoms with E-state index in [9.17, 15) is 4.39 Å². The Balaban J connectivity index is 2.20. The summed E-state index contributed by atoms with van der Waals surface area (Å²) in [6, 6.07) is 11.2. The van der Waals surface area contributed by atoms with E-state index in [0.29, 0.717) is 9.99 Å². The minimum atomic E-state index is -0.291. The van der Waals surface area contributed by atoms with Crippen molar-refractivity contribution in [3.8, 4) is 11.4 Å². The molecule has 0 fully saturated rings. The second kappa shape index (κ2) is 4.98. The molecule has 0 bridgehead atoms. The minimum Gasteiger partial charge on any atom is -0.338 e. The van der Waals surface area contributed by atoms with Crippen molar-refractivity contribution in [2.75, 3.05) is 6.26 Å². The summed E-state index contributed by atoms with van der Waals surface area (Å²) < 4.78 is 13.9. The summed E-state index contributed by atoms with van der Waals surface area (Å²) in [5.74, 6) is 0.471. The van der Waals surface area contributed by atoms with Gasteiger partial charge in [0.15, 0.2) is 0 Å². The van der Waals surface area contributed by atoms with Crippen LogP contribution in [0.5, 0.6) is 0 Å². The highest BCUT2D eigenvalue weighted by Crippen LogP contribution is 2.30. The monoisotopic (exact) mass is 336 g/mol. The Hall–Kier alpha value is -1.33. The number of hydrogen-bond acceptors (Lipinski definition) is 2. The number of aromatic amines is 1. The first-order valence-electron chi connectivity index (χ1n) is 5.67. The van der Waals surface area contributed by atoms with Gasteiger partial charge in [0.1, 0.15) is 11.6 Å². The Morgan fingerprint density at radius 2 is 2.05 bits per heavy atom. The van der Waals surface area contributed by atoms with Crippen LogP contribution in [-0.4, -0.2) is 16.2 Å². The van der Waals surface area contributed by atoms with E-state index in [4.69, 9.17) is 0 Å². The molecule has 5 heteroatoms. The molecule has 0 amide bonds. The molecule has 3 aromatic rings. The molecule has 1 aromatic heterocycles. The fourth-order valence-electron chi connectivity index (χ4n) is 1.97. The molecule has 0 saturated heterocycles. The Kier molecular flexibility index (Phi) is 3.33. The van der Waals surface area contributed by atoms with Crippen LogP contribution in [0.2, 0.25) is 0 Å². The molecule has 0 atom stereocenters. The number of halogens is 2. The maximum absolute atomic E-state index is 13.5. The van der Waals surface area contributed by atoms with Crippen molar-refractivity contribution in [1.82, 2.24) is 9.97 Å². The fourth-order valence-corrected chi connectivity index (χ4v) is 2.90. The van der Waals surface area contributed by atoms with Crippen molar-refractivity contribution < 1.29 is 4.39 Å². The van der Waals surface area contributed by atoms with Crippen LogP contribution in [0, 0.1) is 5.82 Å². The number of nitrogens with zero attached hydrogens (tertiary/aromatic N) is 1. The maximum atomic E-state index is 13.5. The van der Waals surface area contributed by atoms with Crippen LogP contribution >= 0.6 is 27.7 Å². The number of benzene rings is 2. The Labute approximate surface area is 122 Å². The van der Waals surface area contributed by atoms with Gasteiger partial charge in [-0.25, -0.2) is 9.37 Å². The average molecular weight is 337 g/mol. The zero-order valence-electron chi connectivity index (χ0n) is 10.1. The standard InChI is InChI=1S/C14H10BrFN2S/c1-19-13-5-3-2-4-8(13)14-17-11-6-9(15)10(16)7-12(11)18-14/h2-7H,1H3,(H,17,18). The highest BCUT2D eigenvalue weighted by atomic mass is 79.9. The van der Waals surface area contributed by atoms with Gasteiger partial charge < -0.3 is 4.98 Å². The van der Waals surface area contributed by atoms with E-state index in [0.717, 1.165) is 21.8 Å². The second-order valence-corrected chi connectivity index (χ2v) is 5.77. The lowest BCUT2D eigenvalue weighted by molar-refractivity contribution is 0.623. The van der Waals surface area contributed by atoms with Gasteiger partial charge in [-0.3, -0.25) is 0 Å². The number of imidazole rings is 1. The van der Waals surface area contributed by atoms with Gasteiger partial charge >= 0.3 is 0 Å². The van der Waals surface area contributed by atoms with Crippen molar-refractivity contribution in [1.29, 1.82) is 0 Å². The van der Waals surface area contributed by atoms with Crippen LogP contribution in [0.1, 0.15) is 0 Å². The zero-order chi connectivity index (χ0) is 13.4. The molecule has 96 valence electrons. The van der Waals surface area contributed by atoms with Crippen LogP contribution in [0.3, 0.4) is 0 Å². The number of hydrogen-bond donors (Lipinski definition) is 1. The quantitative estimate of drug-likeness (QED) is 0.677. The third-order valence-corrected chi connectivity index (χ3v) is 4.29. The van der Waals surface area contributed by atoms with Crippen molar-refractivity contribution in [3.63, 3.8) is 0 Å². The lowest BCUT2D eigenvalue weighted by atomic mass is 10.2. The summed E-state index contributed by atoms with van der Waals surface area (Å²) in [6.07, 6.45) is 2.03. The third kappa shape index (κ3) is 2.28. The highest BCUT2D eigenvalue weighted by molar-refractivity contribution is 9.10. The van der Waals surface area contributed by atoms with E-state index < -0.39 is 0 Å². The van der Waals surface area contributed by atoms with E-state index in [1.165, 1.54) is 6.07 Å². The molecule has 0 spiro atoms. The number of thioether (sulfide) groups is 1. The topological polar surface area (TPSA) is 28.7 Å². The number of aromatic nitrogens is 2. The first-order chi connectivity index (χ1) is 9.19. The predicted molar refractivity (Wildman–Crippen MR) is 81.0 cm³/mol. The van der Waals surface area contributed by atoms with Crippen molar-refractivity contribution in [3.05, 3.63) is 46.7 Å². The lowest BCUT2D eigenvalue weighted by Gasteiger charge is -2.02. The van der Waals surface area contributed by atoms with E-state index >= 15 is 0 Å². The van der Waals surface area contributed by atoms with E-state index in [2.05, 4.69) is 25.9 Å². The van der Waals surface area contributed by atoms with Gasteiger partial charge in [-0.1, -0.05) is 18.2 Å². The molecular formula is C14H10BrFN2S. The van der Waals surface area contributed by atoms with Crippen molar-refractivity contribution in [2.24, 2.45) is 0 Å². The largest absolute Gasteiger partial charge is 0.338 e. The molecule has 1 N–H and O–H groups in total. The number of rotatable bonds is 2. The SMILES string of the molecule is CSc1ccccc1-c1nc2cc(Br)c(F)cc2[nH]1. The fraction of sp³-hybridized carbons (Fsp3) is 0.0714. The smallest absolute Gasteiger partial charge is 0.139 e. The van der Waals surface area contributed by atoms with Gasteiger partial charge in [0.05, 0.1) is 15.5 Å². The molecule has 0 aliphatic carbocycles. The van der Waals surface area contributed by atoms with E-state index in [1.807, 2.05) is 30.5 Å². The molecule has 3 rings (SSSR count). The molecule has 0 unspecified atom stereocenters. The summed E-state index contributed by atoms with van der Waals surface area (Å²) in [5, 5.41) is 0. The number of H-pyrrole nitrogens is 1. The Morgan fingerprint density at radius 3 is 2.84 bits per heavy atom. The van der Waals surface area contributed by atoms with Gasteiger partial charge in [0.2, 0.25) is 0 Å². The molecule has 0 radical (unpaired) electrons. The molecule has 1 heterocycles. The van der Waals surface area contributed by atoms with Gasteiger partial charge in [0, 0.05) is 16.5 Å². The van der Waals surface area contributed by atoms with Crippen LogP contribution in [0.15, 0.2) is 45.8 Å². The molecule has 19 heavy (non-hydrogen) atoms. The number of fused-ring (bicyclic) bond motifs is 1. The summed E-state index contributed by atoms with van der Waals surface area (Å²) in [6.45, 7) is 0. The van der Waals surface area contributed by atoms with Crippen molar-refractivity contribution in [2.45, 2.75) is 4.90 Å². The van der Waals surface area contributed by atoms with Gasteiger partial charge in [-0.2, -0.15) is 0 Å². The molecule has 0 saturated carbocycles.